The lowest BCUT2D eigenvalue weighted by molar-refractivity contribution is 0.595. The Hall–Kier alpha value is -0.410. The van der Waals surface area contributed by atoms with Crippen molar-refractivity contribution in [1.82, 2.24) is 5.32 Å². The summed E-state index contributed by atoms with van der Waals surface area (Å²) >= 11 is 3.20. The molecule has 0 aliphatic heterocycles. The standard InChI is InChI=1S/C13H17BrFN/c1-2-3-10-7-13(10)16-8-9-4-5-12(15)11(14)6-9/h4-6,10,13,16H,2-3,7-8H2,1H3. The summed E-state index contributed by atoms with van der Waals surface area (Å²) in [7, 11) is 0. The molecule has 0 bridgehead atoms. The lowest BCUT2D eigenvalue weighted by atomic mass is 10.2. The minimum Gasteiger partial charge on any atom is -0.310 e. The molecule has 88 valence electrons. The maximum atomic E-state index is 13.0. The van der Waals surface area contributed by atoms with Gasteiger partial charge >= 0.3 is 0 Å². The first-order valence-corrected chi connectivity index (χ1v) is 6.67. The van der Waals surface area contributed by atoms with Gasteiger partial charge in [-0.3, -0.25) is 0 Å². The highest BCUT2D eigenvalue weighted by atomic mass is 79.9. The normalized spacial score (nSPS) is 23.4. The van der Waals surface area contributed by atoms with Gasteiger partial charge < -0.3 is 5.32 Å². The quantitative estimate of drug-likeness (QED) is 0.866. The highest BCUT2D eigenvalue weighted by Gasteiger charge is 2.35. The lowest BCUT2D eigenvalue weighted by Crippen LogP contribution is -2.17. The van der Waals surface area contributed by atoms with Crippen molar-refractivity contribution in [2.45, 2.75) is 38.8 Å². The van der Waals surface area contributed by atoms with Gasteiger partial charge in [-0.2, -0.15) is 0 Å². The second kappa shape index (κ2) is 5.28. The largest absolute Gasteiger partial charge is 0.310 e. The number of halogens is 2. The predicted molar refractivity (Wildman–Crippen MR) is 67.7 cm³/mol. The first kappa shape index (κ1) is 12.1. The smallest absolute Gasteiger partial charge is 0.137 e. The Kier molecular flexibility index (Phi) is 3.98. The van der Waals surface area contributed by atoms with Crippen molar-refractivity contribution >= 4 is 15.9 Å². The average molecular weight is 286 g/mol. The number of hydrogen-bond donors (Lipinski definition) is 1. The van der Waals surface area contributed by atoms with Crippen LogP contribution in [0.1, 0.15) is 31.7 Å². The zero-order chi connectivity index (χ0) is 11.5. The van der Waals surface area contributed by atoms with Gasteiger partial charge in [-0.05, 0) is 52.4 Å². The molecule has 3 heteroatoms. The molecule has 16 heavy (non-hydrogen) atoms. The van der Waals surface area contributed by atoms with E-state index in [-0.39, 0.29) is 5.82 Å². The van der Waals surface area contributed by atoms with Crippen molar-refractivity contribution < 1.29 is 4.39 Å². The molecule has 0 spiro atoms. The summed E-state index contributed by atoms with van der Waals surface area (Å²) in [4.78, 5) is 0. The van der Waals surface area contributed by atoms with Gasteiger partial charge in [-0.1, -0.05) is 19.4 Å². The zero-order valence-corrected chi connectivity index (χ0v) is 11.1. The molecule has 1 N–H and O–H groups in total. The van der Waals surface area contributed by atoms with E-state index >= 15 is 0 Å². The third-order valence-electron chi connectivity index (χ3n) is 3.13. The third kappa shape index (κ3) is 3.05. The molecule has 0 radical (unpaired) electrons. The Bertz CT molecular complexity index is 367. The van der Waals surface area contributed by atoms with Gasteiger partial charge in [0, 0.05) is 12.6 Å². The van der Waals surface area contributed by atoms with E-state index in [2.05, 4.69) is 28.2 Å². The molecular formula is C13H17BrFN. The monoisotopic (exact) mass is 285 g/mol. The maximum Gasteiger partial charge on any atom is 0.137 e. The van der Waals surface area contributed by atoms with Crippen LogP contribution in [-0.2, 0) is 6.54 Å². The summed E-state index contributed by atoms with van der Waals surface area (Å²) in [5, 5.41) is 3.51. The summed E-state index contributed by atoms with van der Waals surface area (Å²) in [6.45, 7) is 3.07. The summed E-state index contributed by atoms with van der Waals surface area (Å²) < 4.78 is 13.6. The Labute approximate surface area is 105 Å². The fourth-order valence-corrected chi connectivity index (χ4v) is 2.51. The molecule has 1 aromatic rings. The fourth-order valence-electron chi connectivity index (χ4n) is 2.09. The summed E-state index contributed by atoms with van der Waals surface area (Å²) in [5.74, 6) is 0.674. The molecule has 1 aliphatic carbocycles. The number of hydrogen-bond acceptors (Lipinski definition) is 1. The molecule has 1 fully saturated rings. The van der Waals surface area contributed by atoms with E-state index in [1.807, 2.05) is 12.1 Å². The van der Waals surface area contributed by atoms with E-state index in [0.29, 0.717) is 10.5 Å². The van der Waals surface area contributed by atoms with Gasteiger partial charge in [0.1, 0.15) is 5.82 Å². The minimum atomic E-state index is -0.195. The van der Waals surface area contributed by atoms with Crippen molar-refractivity contribution in [1.29, 1.82) is 0 Å². The molecule has 0 aromatic heterocycles. The van der Waals surface area contributed by atoms with Gasteiger partial charge in [-0.25, -0.2) is 4.39 Å². The van der Waals surface area contributed by atoms with Crippen LogP contribution in [0.4, 0.5) is 4.39 Å². The molecule has 1 saturated carbocycles. The minimum absolute atomic E-state index is 0.195. The van der Waals surface area contributed by atoms with Crippen LogP contribution in [-0.4, -0.2) is 6.04 Å². The van der Waals surface area contributed by atoms with Crippen LogP contribution < -0.4 is 5.32 Å². The van der Waals surface area contributed by atoms with Crippen molar-refractivity contribution in [2.24, 2.45) is 5.92 Å². The van der Waals surface area contributed by atoms with Crippen LogP contribution >= 0.6 is 15.9 Å². The van der Waals surface area contributed by atoms with Gasteiger partial charge in [0.05, 0.1) is 4.47 Å². The predicted octanol–water partition coefficient (Wildman–Crippen LogP) is 3.87. The zero-order valence-electron chi connectivity index (χ0n) is 9.47. The number of nitrogens with one attached hydrogen (secondary N) is 1. The van der Waals surface area contributed by atoms with E-state index in [9.17, 15) is 4.39 Å². The Morgan fingerprint density at radius 2 is 2.31 bits per heavy atom. The molecule has 1 aliphatic rings. The second-order valence-electron chi connectivity index (χ2n) is 4.52. The SMILES string of the molecule is CCCC1CC1NCc1ccc(F)c(Br)c1. The van der Waals surface area contributed by atoms with Crippen LogP contribution in [0, 0.1) is 11.7 Å². The first-order valence-electron chi connectivity index (χ1n) is 5.88. The topological polar surface area (TPSA) is 12.0 Å². The van der Waals surface area contributed by atoms with Crippen LogP contribution in [0.5, 0.6) is 0 Å². The van der Waals surface area contributed by atoms with E-state index in [1.165, 1.54) is 25.3 Å². The van der Waals surface area contributed by atoms with Crippen molar-refractivity contribution in [3.05, 3.63) is 34.1 Å². The van der Waals surface area contributed by atoms with Gasteiger partial charge in [0.25, 0.3) is 0 Å². The van der Waals surface area contributed by atoms with E-state index in [1.54, 1.807) is 0 Å². The summed E-state index contributed by atoms with van der Waals surface area (Å²) in [6, 6.07) is 5.88. The second-order valence-corrected chi connectivity index (χ2v) is 5.37. The average Bonchev–Trinajstić information content (AvgIpc) is 2.99. The summed E-state index contributed by atoms with van der Waals surface area (Å²) in [6.07, 6.45) is 3.89. The number of benzene rings is 1. The molecule has 1 aromatic carbocycles. The van der Waals surface area contributed by atoms with E-state index < -0.39 is 0 Å². The van der Waals surface area contributed by atoms with Crippen molar-refractivity contribution in [3.8, 4) is 0 Å². The fraction of sp³-hybridized carbons (Fsp3) is 0.538. The van der Waals surface area contributed by atoms with Crippen LogP contribution in [0.25, 0.3) is 0 Å². The number of rotatable bonds is 5. The first-order chi connectivity index (χ1) is 7.70. The Balaban J connectivity index is 1.80. The third-order valence-corrected chi connectivity index (χ3v) is 3.74. The highest BCUT2D eigenvalue weighted by Crippen LogP contribution is 2.34. The molecule has 2 atom stereocenters. The van der Waals surface area contributed by atoms with Crippen molar-refractivity contribution in [3.63, 3.8) is 0 Å². The molecule has 2 rings (SSSR count). The maximum absolute atomic E-state index is 13.0. The molecule has 1 nitrogen and oxygen atoms in total. The summed E-state index contributed by atoms with van der Waals surface area (Å²) in [5.41, 5.74) is 1.13. The molecule has 2 unspecified atom stereocenters. The lowest BCUT2D eigenvalue weighted by Gasteiger charge is -2.05. The molecule has 0 amide bonds. The van der Waals surface area contributed by atoms with Crippen molar-refractivity contribution in [2.75, 3.05) is 0 Å². The Morgan fingerprint density at radius 3 is 3.00 bits per heavy atom. The van der Waals surface area contributed by atoms with E-state index in [4.69, 9.17) is 0 Å². The van der Waals surface area contributed by atoms with Gasteiger partial charge in [0.2, 0.25) is 0 Å². The Morgan fingerprint density at radius 1 is 1.50 bits per heavy atom. The highest BCUT2D eigenvalue weighted by molar-refractivity contribution is 9.10. The molecule has 0 saturated heterocycles. The van der Waals surface area contributed by atoms with Gasteiger partial charge in [-0.15, -0.1) is 0 Å². The van der Waals surface area contributed by atoms with Crippen LogP contribution in [0.2, 0.25) is 0 Å². The molecular weight excluding hydrogens is 269 g/mol. The van der Waals surface area contributed by atoms with E-state index in [0.717, 1.165) is 18.0 Å². The molecule has 0 heterocycles. The van der Waals surface area contributed by atoms with Crippen LogP contribution in [0.15, 0.2) is 22.7 Å². The van der Waals surface area contributed by atoms with Crippen LogP contribution in [0.3, 0.4) is 0 Å². The van der Waals surface area contributed by atoms with Gasteiger partial charge in [0.15, 0.2) is 0 Å².